The van der Waals surface area contributed by atoms with Crippen LogP contribution in [0.25, 0.3) is 10.1 Å². The Morgan fingerprint density at radius 1 is 1.07 bits per heavy atom. The summed E-state index contributed by atoms with van der Waals surface area (Å²) in [7, 11) is -1.76. The van der Waals surface area contributed by atoms with Gasteiger partial charge < -0.3 is 25.0 Å². The average molecular weight is 586 g/mol. The summed E-state index contributed by atoms with van der Waals surface area (Å²) < 4.78 is 18.4. The number of primary amides is 1. The van der Waals surface area contributed by atoms with Gasteiger partial charge in [-0.3, -0.25) is 9.78 Å². The van der Waals surface area contributed by atoms with Crippen molar-refractivity contribution in [3.63, 3.8) is 0 Å². The van der Waals surface area contributed by atoms with Crippen molar-refractivity contribution >= 4 is 46.7 Å². The molecule has 3 rings (SSSR count). The van der Waals surface area contributed by atoms with E-state index in [9.17, 15) is 9.59 Å². The van der Waals surface area contributed by atoms with Gasteiger partial charge in [-0.1, -0.05) is 32.9 Å². The highest BCUT2D eigenvalue weighted by Gasteiger charge is 2.36. The maximum atomic E-state index is 13.5. The van der Waals surface area contributed by atoms with E-state index in [0.717, 1.165) is 32.8 Å². The second-order valence-corrected chi connectivity index (χ2v) is 18.1. The third-order valence-electron chi connectivity index (χ3n) is 7.41. The Hall–Kier alpha value is -2.95. The van der Waals surface area contributed by atoms with Gasteiger partial charge >= 0.3 is 6.09 Å². The highest BCUT2D eigenvalue weighted by Crippen LogP contribution is 2.36. The van der Waals surface area contributed by atoms with Crippen LogP contribution in [0.3, 0.4) is 0 Å². The molecule has 0 fully saturated rings. The number of hydrogen-bond donors (Lipinski definition) is 2. The van der Waals surface area contributed by atoms with Crippen molar-refractivity contribution in [3.8, 4) is 5.75 Å². The molecule has 0 saturated heterocycles. The molecule has 0 aliphatic carbocycles. The van der Waals surface area contributed by atoms with E-state index in [-0.39, 0.29) is 10.9 Å². The second-order valence-electron chi connectivity index (χ2n) is 12.2. The average Bonchev–Trinajstić information content (AvgIpc) is 3.25. The predicted octanol–water partition coefficient (Wildman–Crippen LogP) is 7.46. The number of amides is 2. The van der Waals surface area contributed by atoms with Gasteiger partial charge in [0.2, 0.25) is 5.91 Å². The van der Waals surface area contributed by atoms with Crippen LogP contribution >= 0.6 is 11.3 Å². The number of benzene rings is 1. The molecule has 3 N–H and O–H groups in total. The molecule has 218 valence electrons. The lowest BCUT2D eigenvalue weighted by molar-refractivity contribution is -0.117. The van der Waals surface area contributed by atoms with Gasteiger partial charge in [0, 0.05) is 25.4 Å². The van der Waals surface area contributed by atoms with E-state index in [1.807, 2.05) is 36.4 Å². The minimum atomic E-state index is -1.76. The van der Waals surface area contributed by atoms with Gasteiger partial charge in [-0.05, 0) is 80.0 Å². The van der Waals surface area contributed by atoms with Crippen LogP contribution in [0.2, 0.25) is 18.1 Å². The van der Waals surface area contributed by atoms with Crippen LogP contribution in [0, 0.1) is 0 Å². The summed E-state index contributed by atoms with van der Waals surface area (Å²) >= 11 is 1.48. The highest BCUT2D eigenvalue weighted by molar-refractivity contribution is 7.22. The molecule has 0 radical (unpaired) electrons. The first-order chi connectivity index (χ1) is 18.7. The molecule has 40 heavy (non-hydrogen) atoms. The molecule has 2 aromatic heterocycles. The zero-order valence-electron chi connectivity index (χ0n) is 24.7. The number of hydrogen-bond acceptors (Lipinski definition) is 7. The van der Waals surface area contributed by atoms with E-state index in [2.05, 4.69) is 44.2 Å². The first kappa shape index (κ1) is 31.6. The Morgan fingerprint density at radius 3 is 2.40 bits per heavy atom. The molecule has 1 aromatic carbocycles. The molecule has 8 nitrogen and oxygen atoms in total. The van der Waals surface area contributed by atoms with Crippen molar-refractivity contribution in [2.24, 2.45) is 5.73 Å². The summed E-state index contributed by atoms with van der Waals surface area (Å²) in [5.74, 6) is 0.140. The number of fused-ring (bicyclic) bond motifs is 1. The molecule has 0 saturated carbocycles. The Labute approximate surface area is 242 Å². The molecule has 2 amide bonds. The number of aromatic nitrogens is 1. The van der Waals surface area contributed by atoms with Crippen LogP contribution in [0.4, 0.5) is 9.80 Å². The molecule has 2 heterocycles. The molecule has 0 bridgehead atoms. The van der Waals surface area contributed by atoms with Crippen LogP contribution in [-0.2, 0) is 14.0 Å². The quantitative estimate of drug-likeness (QED) is 0.159. The molecular weight excluding hydrogens is 542 g/mol. The fourth-order valence-electron chi connectivity index (χ4n) is 4.01. The van der Waals surface area contributed by atoms with Crippen LogP contribution in [-0.4, -0.2) is 44.1 Å². The number of ether oxygens (including phenoxy) is 2. The summed E-state index contributed by atoms with van der Waals surface area (Å²) in [6.45, 7) is 16.0. The number of carbonyl (C=O) groups excluding carboxylic acids is 2. The van der Waals surface area contributed by atoms with Gasteiger partial charge in [0.05, 0.1) is 22.2 Å². The summed E-state index contributed by atoms with van der Waals surface area (Å²) in [6, 6.07) is 11.5. The monoisotopic (exact) mass is 585 g/mol. The maximum absolute atomic E-state index is 13.5. The molecule has 0 spiro atoms. The van der Waals surface area contributed by atoms with E-state index in [1.165, 1.54) is 11.3 Å². The van der Waals surface area contributed by atoms with Gasteiger partial charge in [-0.25, -0.2) is 4.79 Å². The van der Waals surface area contributed by atoms with E-state index in [1.54, 1.807) is 26.2 Å². The number of carbonyl (C=O) groups is 2. The lowest BCUT2D eigenvalue weighted by Crippen LogP contribution is -2.41. The lowest BCUT2D eigenvalue weighted by atomic mass is 9.89. The standard InChI is InChI=1S/C30H43N3O5SSi/c1-29(2,3)40(6,7)37-18-8-17-36-23-11-9-21(10-12-23)24(13-15-30(4,5)38-28(31)35)27(34)33-26-19-22-14-16-32-20-25(22)39-26/h9-12,14,16,19-20,24H,8,13,15,17-18H2,1-7H3,(H2,31,35)(H,33,34). The Morgan fingerprint density at radius 2 is 1.77 bits per heavy atom. The lowest BCUT2D eigenvalue weighted by Gasteiger charge is -2.36. The highest BCUT2D eigenvalue weighted by atomic mass is 32.1. The van der Waals surface area contributed by atoms with Gasteiger partial charge in [-0.15, -0.1) is 11.3 Å². The van der Waals surface area contributed by atoms with Crippen molar-refractivity contribution in [3.05, 3.63) is 54.4 Å². The molecule has 0 aliphatic heterocycles. The summed E-state index contributed by atoms with van der Waals surface area (Å²) in [5.41, 5.74) is 5.29. The number of nitrogens with two attached hydrogens (primary N) is 1. The third kappa shape index (κ3) is 9.04. The number of anilines is 1. The van der Waals surface area contributed by atoms with Gasteiger partial charge in [-0.2, -0.15) is 0 Å². The third-order valence-corrected chi connectivity index (χ3v) is 12.9. The number of rotatable bonds is 13. The van der Waals surface area contributed by atoms with Crippen molar-refractivity contribution in [2.75, 3.05) is 18.5 Å². The summed E-state index contributed by atoms with van der Waals surface area (Å²) in [5, 5.41) is 5.03. The Bertz CT molecular complexity index is 1250. The molecule has 1 unspecified atom stereocenters. The summed E-state index contributed by atoms with van der Waals surface area (Å²) in [4.78, 5) is 29.0. The minimum Gasteiger partial charge on any atom is -0.494 e. The van der Waals surface area contributed by atoms with Gasteiger partial charge in [0.25, 0.3) is 0 Å². The van der Waals surface area contributed by atoms with Crippen LogP contribution < -0.4 is 15.8 Å². The largest absolute Gasteiger partial charge is 0.494 e. The van der Waals surface area contributed by atoms with Crippen molar-refractivity contribution < 1.29 is 23.5 Å². The number of nitrogens with one attached hydrogen (secondary N) is 1. The van der Waals surface area contributed by atoms with Crippen LogP contribution in [0.1, 0.15) is 65.4 Å². The van der Waals surface area contributed by atoms with Crippen LogP contribution in [0.15, 0.2) is 48.8 Å². The first-order valence-corrected chi connectivity index (χ1v) is 17.4. The molecule has 10 heteroatoms. The van der Waals surface area contributed by atoms with Gasteiger partial charge in [0.15, 0.2) is 8.32 Å². The maximum Gasteiger partial charge on any atom is 0.405 e. The fraction of sp³-hybridized carbons (Fsp3) is 0.500. The molecule has 3 aromatic rings. The van der Waals surface area contributed by atoms with Gasteiger partial charge in [0.1, 0.15) is 11.4 Å². The van der Waals surface area contributed by atoms with E-state index >= 15 is 0 Å². The van der Waals surface area contributed by atoms with Crippen LogP contribution in [0.5, 0.6) is 5.75 Å². The van der Waals surface area contributed by atoms with Crippen molar-refractivity contribution in [1.29, 1.82) is 0 Å². The second kappa shape index (κ2) is 13.1. The fourth-order valence-corrected chi connectivity index (χ4v) is 6.03. The zero-order valence-corrected chi connectivity index (χ0v) is 26.5. The first-order valence-electron chi connectivity index (χ1n) is 13.7. The van der Waals surface area contributed by atoms with Crippen molar-refractivity contribution in [1.82, 2.24) is 4.98 Å². The number of pyridine rings is 1. The summed E-state index contributed by atoms with van der Waals surface area (Å²) in [6.07, 6.45) is 4.41. The predicted molar refractivity (Wildman–Crippen MR) is 165 cm³/mol. The normalized spacial score (nSPS) is 13.2. The SMILES string of the molecule is CC(C)(CCC(C(=O)Nc1cc2ccncc2s1)c1ccc(OCCCO[Si](C)(C)C(C)(C)C)cc1)OC(N)=O. The number of nitrogens with zero attached hydrogens (tertiary/aromatic N) is 1. The Balaban J connectivity index is 1.65. The molecule has 1 atom stereocenters. The molecule has 0 aliphatic rings. The van der Waals surface area contributed by atoms with E-state index in [4.69, 9.17) is 19.6 Å². The molecular formula is C30H43N3O5SSi. The van der Waals surface area contributed by atoms with E-state index < -0.39 is 25.9 Å². The smallest absolute Gasteiger partial charge is 0.405 e. The van der Waals surface area contributed by atoms with E-state index in [0.29, 0.717) is 26.1 Å². The zero-order chi connectivity index (χ0) is 29.6. The topological polar surface area (TPSA) is 113 Å². The Kier molecular flexibility index (Phi) is 10.4. The minimum absolute atomic E-state index is 0.133. The van der Waals surface area contributed by atoms with Crippen molar-refractivity contribution in [2.45, 2.75) is 83.5 Å². The number of thiophene rings is 1.